The van der Waals surface area contributed by atoms with Crippen LogP contribution in [0, 0.1) is 53.1 Å². The van der Waals surface area contributed by atoms with Crippen molar-refractivity contribution in [3.63, 3.8) is 0 Å². The molecule has 0 aliphatic heterocycles. The molecule has 0 heterocycles. The molecule has 0 atom stereocenters. The minimum Gasteiger partial charge on any atom is -0.343 e. The molecule has 2 rings (SSSR count). The van der Waals surface area contributed by atoms with Gasteiger partial charge in [-0.1, -0.05) is 19.3 Å². The number of carbonyl (C=O) groups is 1. The van der Waals surface area contributed by atoms with Gasteiger partial charge in [-0.05, 0) is 62.2 Å². The summed E-state index contributed by atoms with van der Waals surface area (Å²) < 4.78 is 26.7. The van der Waals surface area contributed by atoms with Crippen molar-refractivity contribution < 1.29 is 13.2 Å². The Labute approximate surface area is 169 Å². The van der Waals surface area contributed by atoms with E-state index in [0.717, 1.165) is 38.5 Å². The first-order valence-electron chi connectivity index (χ1n) is 9.69. The molecule has 5 nitrogen and oxygen atoms in total. The van der Waals surface area contributed by atoms with Crippen LogP contribution in [0.25, 0.3) is 0 Å². The number of amides is 1. The lowest BCUT2D eigenvalue weighted by Crippen LogP contribution is -2.46. The Kier molecular flexibility index (Phi) is 8.47. The fourth-order valence-corrected chi connectivity index (χ4v) is 4.79. The van der Waals surface area contributed by atoms with Gasteiger partial charge in [0.15, 0.2) is 0 Å². The molecule has 0 aromatic heterocycles. The Morgan fingerprint density at radius 3 is 2.18 bits per heavy atom. The lowest BCUT2D eigenvalue weighted by atomic mass is 9.86. The lowest BCUT2D eigenvalue weighted by Gasteiger charge is -2.37. The van der Waals surface area contributed by atoms with Gasteiger partial charge in [0, 0.05) is 36.9 Å². The normalized spacial score (nSPS) is 22.1. The van der Waals surface area contributed by atoms with Crippen LogP contribution in [0.4, 0.5) is 0 Å². The largest absolute Gasteiger partial charge is 0.343 e. The van der Waals surface area contributed by atoms with E-state index in [4.69, 9.17) is 6.42 Å². The average molecular weight is 399 g/mol. The van der Waals surface area contributed by atoms with E-state index in [1.54, 1.807) is 0 Å². The van der Waals surface area contributed by atoms with E-state index >= 15 is 0 Å². The summed E-state index contributed by atoms with van der Waals surface area (Å²) in [6, 6.07) is 0.0183. The van der Waals surface area contributed by atoms with Crippen molar-refractivity contribution in [3.05, 3.63) is 0 Å². The van der Waals surface area contributed by atoms with Gasteiger partial charge in [-0.25, -0.2) is 4.72 Å². The molecule has 2 saturated carbocycles. The highest BCUT2D eigenvalue weighted by Crippen LogP contribution is 2.29. The van der Waals surface area contributed by atoms with E-state index < -0.39 is 10.0 Å². The van der Waals surface area contributed by atoms with E-state index in [1.165, 1.54) is 6.42 Å². The van der Waals surface area contributed by atoms with Crippen LogP contribution >= 0.6 is 0 Å². The van der Waals surface area contributed by atoms with Gasteiger partial charge in [0.1, 0.15) is 0 Å². The molecule has 0 unspecified atom stereocenters. The SMILES string of the molecule is C#CC#CC#CC#CS(=O)(=O)NC1CCC(N(C)C(=O)C2CCCCC2)CC1. The van der Waals surface area contributed by atoms with Crippen molar-refractivity contribution in [2.75, 3.05) is 7.05 Å². The molecule has 0 radical (unpaired) electrons. The van der Waals surface area contributed by atoms with Crippen molar-refractivity contribution in [2.45, 2.75) is 69.9 Å². The van der Waals surface area contributed by atoms with Gasteiger partial charge in [-0.3, -0.25) is 4.79 Å². The molecule has 0 spiro atoms. The molecule has 28 heavy (non-hydrogen) atoms. The number of carbonyl (C=O) groups excluding carboxylic acids is 1. The van der Waals surface area contributed by atoms with Crippen LogP contribution in [-0.2, 0) is 14.8 Å². The molecule has 1 amide bonds. The lowest BCUT2D eigenvalue weighted by molar-refractivity contribution is -0.138. The van der Waals surface area contributed by atoms with E-state index in [-0.39, 0.29) is 23.9 Å². The van der Waals surface area contributed by atoms with E-state index in [2.05, 4.69) is 45.5 Å². The molecule has 0 aromatic carbocycles. The van der Waals surface area contributed by atoms with Gasteiger partial charge < -0.3 is 4.90 Å². The Bertz CT molecular complexity index is 883. The molecule has 2 aliphatic rings. The monoisotopic (exact) mass is 398 g/mol. The summed E-state index contributed by atoms with van der Waals surface area (Å²) in [7, 11) is -1.84. The Morgan fingerprint density at radius 1 is 0.929 bits per heavy atom. The highest BCUT2D eigenvalue weighted by molar-refractivity contribution is 7.94. The van der Waals surface area contributed by atoms with E-state index in [0.29, 0.717) is 12.8 Å². The average Bonchev–Trinajstić information content (AvgIpc) is 2.70. The quantitative estimate of drug-likeness (QED) is 0.735. The number of nitrogens with zero attached hydrogens (tertiary/aromatic N) is 1. The number of hydrogen-bond acceptors (Lipinski definition) is 3. The molecule has 0 aromatic rings. The van der Waals surface area contributed by atoms with Gasteiger partial charge in [-0.15, -0.1) is 6.42 Å². The van der Waals surface area contributed by atoms with Gasteiger partial charge in [0.2, 0.25) is 5.91 Å². The van der Waals surface area contributed by atoms with Gasteiger partial charge in [-0.2, -0.15) is 8.42 Å². The summed E-state index contributed by atoms with van der Waals surface area (Å²) in [4.78, 5) is 14.6. The summed E-state index contributed by atoms with van der Waals surface area (Å²) in [6.45, 7) is 0. The minimum atomic E-state index is -3.73. The summed E-state index contributed by atoms with van der Waals surface area (Å²) >= 11 is 0. The predicted molar refractivity (Wildman–Crippen MR) is 110 cm³/mol. The Hall–Kier alpha value is -2.38. The smallest absolute Gasteiger partial charge is 0.281 e. The van der Waals surface area contributed by atoms with Crippen LogP contribution in [-0.4, -0.2) is 38.4 Å². The first-order valence-corrected chi connectivity index (χ1v) is 11.2. The number of nitrogens with one attached hydrogen (secondary N) is 1. The maximum absolute atomic E-state index is 12.7. The molecular weight excluding hydrogens is 372 g/mol. The number of sulfonamides is 1. The first kappa shape index (κ1) is 21.9. The number of rotatable bonds is 4. The fourth-order valence-electron chi connectivity index (χ4n) is 3.87. The second-order valence-corrected chi connectivity index (χ2v) is 8.73. The maximum atomic E-state index is 12.7. The zero-order chi connectivity index (χ0) is 20.4. The maximum Gasteiger partial charge on any atom is 0.281 e. The summed E-state index contributed by atoms with van der Waals surface area (Å²) in [6.07, 6.45) is 13.4. The molecule has 0 bridgehead atoms. The Balaban J connectivity index is 1.82. The summed E-state index contributed by atoms with van der Waals surface area (Å²) in [5.41, 5.74) is 0. The second-order valence-electron chi connectivity index (χ2n) is 7.28. The molecule has 2 aliphatic carbocycles. The summed E-state index contributed by atoms with van der Waals surface area (Å²) in [5.74, 6) is 14.1. The van der Waals surface area contributed by atoms with Gasteiger partial charge in [0.05, 0.1) is 5.25 Å². The number of hydrogen-bond donors (Lipinski definition) is 1. The van der Waals surface area contributed by atoms with Crippen molar-refractivity contribution in [3.8, 4) is 47.2 Å². The third kappa shape index (κ3) is 6.98. The molecule has 148 valence electrons. The van der Waals surface area contributed by atoms with E-state index in [1.807, 2.05) is 11.9 Å². The van der Waals surface area contributed by atoms with Crippen LogP contribution in [0.3, 0.4) is 0 Å². The van der Waals surface area contributed by atoms with E-state index in [9.17, 15) is 13.2 Å². The van der Waals surface area contributed by atoms with Crippen molar-refractivity contribution in [1.29, 1.82) is 0 Å². The zero-order valence-corrected chi connectivity index (χ0v) is 17.1. The third-order valence-electron chi connectivity index (χ3n) is 5.38. The molecule has 2 fully saturated rings. The highest BCUT2D eigenvalue weighted by Gasteiger charge is 2.31. The minimum absolute atomic E-state index is 0.164. The van der Waals surface area contributed by atoms with Crippen molar-refractivity contribution in [2.24, 2.45) is 5.92 Å². The topological polar surface area (TPSA) is 66.5 Å². The van der Waals surface area contributed by atoms with Crippen LogP contribution < -0.4 is 4.72 Å². The third-order valence-corrected chi connectivity index (χ3v) is 6.39. The van der Waals surface area contributed by atoms with Crippen LogP contribution in [0.5, 0.6) is 0 Å². The Morgan fingerprint density at radius 2 is 1.54 bits per heavy atom. The van der Waals surface area contributed by atoms with Gasteiger partial charge in [0.25, 0.3) is 10.0 Å². The fraction of sp³-hybridized carbons (Fsp3) is 0.591. The van der Waals surface area contributed by atoms with Gasteiger partial charge >= 0.3 is 0 Å². The predicted octanol–water partition coefficient (Wildman–Crippen LogP) is 1.86. The standard InChI is InChI=1S/C22H26N2O3S/c1-3-4-5-6-7-11-18-28(26,27)23-20-14-16-21(17-15-20)24(2)22(25)19-12-9-8-10-13-19/h1,19-21,23H,8-10,12-17H2,2H3. The highest BCUT2D eigenvalue weighted by atomic mass is 32.2. The molecule has 0 saturated heterocycles. The summed E-state index contributed by atoms with van der Waals surface area (Å²) in [5, 5.41) is 2.13. The molecule has 1 N–H and O–H groups in total. The van der Waals surface area contributed by atoms with Crippen LogP contribution in [0.2, 0.25) is 0 Å². The van der Waals surface area contributed by atoms with Crippen LogP contribution in [0.1, 0.15) is 57.8 Å². The zero-order valence-electron chi connectivity index (χ0n) is 16.3. The van der Waals surface area contributed by atoms with Crippen molar-refractivity contribution in [1.82, 2.24) is 9.62 Å². The van der Waals surface area contributed by atoms with Crippen molar-refractivity contribution >= 4 is 15.9 Å². The molecule has 6 heteroatoms. The first-order chi connectivity index (χ1) is 13.4. The van der Waals surface area contributed by atoms with Crippen LogP contribution in [0.15, 0.2) is 0 Å². The molecular formula is C22H26N2O3S. The second kappa shape index (κ2) is 10.8. The number of terminal acetylenes is 1.